The van der Waals surface area contributed by atoms with Crippen molar-refractivity contribution >= 4 is 23.9 Å². The summed E-state index contributed by atoms with van der Waals surface area (Å²) in [5, 5.41) is 4.00. The number of rotatable bonds is 10. The van der Waals surface area contributed by atoms with Crippen molar-refractivity contribution in [2.45, 2.75) is 31.1 Å². The van der Waals surface area contributed by atoms with Crippen LogP contribution in [0.15, 0.2) is 64.6 Å². The second kappa shape index (κ2) is 11.3. The van der Waals surface area contributed by atoms with E-state index in [0.717, 1.165) is 36.5 Å². The molecule has 0 saturated heterocycles. The molecule has 4 nitrogen and oxygen atoms in total. The van der Waals surface area contributed by atoms with E-state index >= 15 is 0 Å². The van der Waals surface area contributed by atoms with Crippen molar-refractivity contribution < 1.29 is 9.53 Å². The van der Waals surface area contributed by atoms with Crippen molar-refractivity contribution in [3.05, 3.63) is 60.2 Å². The minimum absolute atomic E-state index is 0.0841. The number of amides is 1. The van der Waals surface area contributed by atoms with E-state index in [2.05, 4.69) is 17.5 Å². The fourth-order valence-corrected chi connectivity index (χ4v) is 2.87. The van der Waals surface area contributed by atoms with Gasteiger partial charge < -0.3 is 4.74 Å². The Hall–Kier alpha value is -2.27. The SMILES string of the molecule is CCCCOc1ccc(/C=N\NC(=O)CCSc2ccccc2)cc1. The van der Waals surface area contributed by atoms with E-state index in [1.54, 1.807) is 18.0 Å². The number of benzene rings is 2. The molecule has 132 valence electrons. The molecule has 0 aliphatic heterocycles. The van der Waals surface area contributed by atoms with E-state index in [-0.39, 0.29) is 5.91 Å². The molecule has 2 rings (SSSR count). The Labute approximate surface area is 153 Å². The zero-order chi connectivity index (χ0) is 17.7. The molecule has 0 aliphatic carbocycles. The summed E-state index contributed by atoms with van der Waals surface area (Å²) in [6.45, 7) is 2.87. The Balaban J connectivity index is 1.66. The van der Waals surface area contributed by atoms with Crippen LogP contribution in [0.4, 0.5) is 0 Å². The minimum atomic E-state index is -0.0841. The number of nitrogens with one attached hydrogen (secondary N) is 1. The molecule has 0 unspecified atom stereocenters. The number of thioether (sulfide) groups is 1. The second-order valence-corrected chi connectivity index (χ2v) is 6.64. The van der Waals surface area contributed by atoms with Crippen molar-refractivity contribution in [1.29, 1.82) is 0 Å². The molecule has 2 aromatic carbocycles. The fraction of sp³-hybridized carbons (Fsp3) is 0.300. The Morgan fingerprint density at radius 1 is 1.16 bits per heavy atom. The molecular weight excluding hydrogens is 332 g/mol. The predicted octanol–water partition coefficient (Wildman–Crippen LogP) is 4.50. The van der Waals surface area contributed by atoms with Gasteiger partial charge in [0.25, 0.3) is 0 Å². The predicted molar refractivity (Wildman–Crippen MR) is 104 cm³/mol. The first-order chi connectivity index (χ1) is 12.3. The fourth-order valence-electron chi connectivity index (χ4n) is 2.00. The zero-order valence-corrected chi connectivity index (χ0v) is 15.3. The van der Waals surface area contributed by atoms with Gasteiger partial charge in [0.1, 0.15) is 5.75 Å². The van der Waals surface area contributed by atoms with Gasteiger partial charge >= 0.3 is 0 Å². The van der Waals surface area contributed by atoms with E-state index in [0.29, 0.717) is 6.42 Å². The summed E-state index contributed by atoms with van der Waals surface area (Å²) in [5.74, 6) is 1.50. The Morgan fingerprint density at radius 2 is 1.92 bits per heavy atom. The van der Waals surface area contributed by atoms with Crippen LogP contribution >= 0.6 is 11.8 Å². The summed E-state index contributed by atoms with van der Waals surface area (Å²) in [6.07, 6.45) is 4.24. The number of hydrogen-bond donors (Lipinski definition) is 1. The van der Waals surface area contributed by atoms with Crippen LogP contribution in [0.3, 0.4) is 0 Å². The molecule has 1 N–H and O–H groups in total. The molecule has 0 radical (unpaired) electrons. The molecule has 0 aliphatic rings. The summed E-state index contributed by atoms with van der Waals surface area (Å²) in [4.78, 5) is 12.9. The van der Waals surface area contributed by atoms with Gasteiger partial charge in [-0.1, -0.05) is 31.5 Å². The van der Waals surface area contributed by atoms with Crippen LogP contribution in [0.25, 0.3) is 0 Å². The quantitative estimate of drug-likeness (QED) is 0.295. The first-order valence-corrected chi connectivity index (χ1v) is 9.49. The van der Waals surface area contributed by atoms with E-state index < -0.39 is 0 Å². The number of hydrazone groups is 1. The van der Waals surface area contributed by atoms with Gasteiger partial charge in [-0.2, -0.15) is 5.10 Å². The van der Waals surface area contributed by atoms with Gasteiger partial charge in [-0.3, -0.25) is 4.79 Å². The van der Waals surface area contributed by atoms with Crippen molar-refractivity contribution in [2.24, 2.45) is 5.10 Å². The molecule has 0 atom stereocenters. The van der Waals surface area contributed by atoms with Crippen LogP contribution in [-0.4, -0.2) is 24.5 Å². The Bertz CT molecular complexity index is 657. The van der Waals surface area contributed by atoms with Gasteiger partial charge in [-0.25, -0.2) is 5.43 Å². The van der Waals surface area contributed by atoms with E-state index in [1.165, 1.54) is 4.90 Å². The molecule has 0 saturated carbocycles. The molecule has 0 bridgehead atoms. The third-order valence-corrected chi connectivity index (χ3v) is 4.40. The van der Waals surface area contributed by atoms with Gasteiger partial charge in [-0.05, 0) is 48.4 Å². The molecule has 0 heterocycles. The lowest BCUT2D eigenvalue weighted by Crippen LogP contribution is -2.17. The van der Waals surface area contributed by atoms with Crippen molar-refractivity contribution in [2.75, 3.05) is 12.4 Å². The highest BCUT2D eigenvalue weighted by atomic mass is 32.2. The third kappa shape index (κ3) is 7.90. The molecule has 25 heavy (non-hydrogen) atoms. The van der Waals surface area contributed by atoms with E-state index in [1.807, 2.05) is 54.6 Å². The van der Waals surface area contributed by atoms with Crippen LogP contribution in [-0.2, 0) is 4.79 Å². The van der Waals surface area contributed by atoms with E-state index in [9.17, 15) is 4.79 Å². The van der Waals surface area contributed by atoms with Crippen molar-refractivity contribution in [3.8, 4) is 5.75 Å². The molecular formula is C20H24N2O2S. The molecule has 5 heteroatoms. The highest BCUT2D eigenvalue weighted by Gasteiger charge is 2.00. The maximum atomic E-state index is 11.8. The molecule has 2 aromatic rings. The monoisotopic (exact) mass is 356 g/mol. The Morgan fingerprint density at radius 3 is 2.64 bits per heavy atom. The molecule has 0 fully saturated rings. The number of carbonyl (C=O) groups excluding carboxylic acids is 1. The largest absolute Gasteiger partial charge is 0.494 e. The van der Waals surface area contributed by atoms with Crippen LogP contribution < -0.4 is 10.2 Å². The summed E-state index contributed by atoms with van der Waals surface area (Å²) < 4.78 is 5.61. The van der Waals surface area contributed by atoms with Gasteiger partial charge in [0.2, 0.25) is 5.91 Å². The Kier molecular flexibility index (Phi) is 8.63. The highest BCUT2D eigenvalue weighted by Crippen LogP contribution is 2.17. The number of hydrogen-bond acceptors (Lipinski definition) is 4. The van der Waals surface area contributed by atoms with E-state index in [4.69, 9.17) is 4.74 Å². The smallest absolute Gasteiger partial charge is 0.240 e. The van der Waals surface area contributed by atoms with Crippen LogP contribution in [0, 0.1) is 0 Å². The number of ether oxygens (including phenoxy) is 1. The topological polar surface area (TPSA) is 50.7 Å². The molecule has 1 amide bonds. The number of nitrogens with zero attached hydrogens (tertiary/aromatic N) is 1. The summed E-state index contributed by atoms with van der Waals surface area (Å²) in [6, 6.07) is 17.7. The summed E-state index contributed by atoms with van der Waals surface area (Å²) >= 11 is 1.66. The first kappa shape index (κ1) is 19.1. The van der Waals surface area contributed by atoms with Gasteiger partial charge in [0, 0.05) is 17.1 Å². The first-order valence-electron chi connectivity index (χ1n) is 8.50. The lowest BCUT2D eigenvalue weighted by Gasteiger charge is -2.05. The second-order valence-electron chi connectivity index (χ2n) is 5.48. The van der Waals surface area contributed by atoms with Crippen LogP contribution in [0.1, 0.15) is 31.7 Å². The maximum Gasteiger partial charge on any atom is 0.240 e. The third-order valence-electron chi connectivity index (χ3n) is 3.39. The maximum absolute atomic E-state index is 11.8. The average Bonchev–Trinajstić information content (AvgIpc) is 2.64. The highest BCUT2D eigenvalue weighted by molar-refractivity contribution is 7.99. The van der Waals surface area contributed by atoms with Crippen molar-refractivity contribution in [3.63, 3.8) is 0 Å². The zero-order valence-electron chi connectivity index (χ0n) is 14.5. The molecule has 0 aromatic heterocycles. The lowest BCUT2D eigenvalue weighted by molar-refractivity contribution is -0.120. The van der Waals surface area contributed by atoms with Gasteiger partial charge in [-0.15, -0.1) is 11.8 Å². The summed E-state index contributed by atoms with van der Waals surface area (Å²) in [7, 11) is 0. The van der Waals surface area contributed by atoms with Crippen LogP contribution in [0.2, 0.25) is 0 Å². The van der Waals surface area contributed by atoms with Crippen LogP contribution in [0.5, 0.6) is 5.75 Å². The molecule has 0 spiro atoms. The number of carbonyl (C=O) groups is 1. The lowest BCUT2D eigenvalue weighted by atomic mass is 10.2. The average molecular weight is 356 g/mol. The summed E-state index contributed by atoms with van der Waals surface area (Å²) in [5.41, 5.74) is 3.48. The van der Waals surface area contributed by atoms with Gasteiger partial charge in [0.15, 0.2) is 0 Å². The van der Waals surface area contributed by atoms with Crippen molar-refractivity contribution in [1.82, 2.24) is 5.43 Å². The number of unbranched alkanes of at least 4 members (excludes halogenated alkanes) is 1. The van der Waals surface area contributed by atoms with Gasteiger partial charge in [0.05, 0.1) is 12.8 Å². The normalized spacial score (nSPS) is 10.8. The standard InChI is InChI=1S/C20H24N2O2S/c1-2-3-14-24-18-11-9-17(10-12-18)16-21-22-20(23)13-15-25-19-7-5-4-6-8-19/h4-12,16H,2-3,13-15H2,1H3,(H,22,23)/b21-16-. The minimum Gasteiger partial charge on any atom is -0.494 e.